The summed E-state index contributed by atoms with van der Waals surface area (Å²) in [5, 5.41) is 6.82. The molecule has 0 radical (unpaired) electrons. The van der Waals surface area contributed by atoms with Crippen molar-refractivity contribution in [3.05, 3.63) is 23.8 Å². The minimum Gasteiger partial charge on any atom is -0.493 e. The van der Waals surface area contributed by atoms with Crippen LogP contribution in [0.5, 0.6) is 11.5 Å². The van der Waals surface area contributed by atoms with E-state index in [4.69, 9.17) is 9.47 Å². The molecule has 1 fully saturated rings. The van der Waals surface area contributed by atoms with Gasteiger partial charge in [-0.2, -0.15) is 0 Å². The van der Waals surface area contributed by atoms with Crippen molar-refractivity contribution in [1.82, 2.24) is 15.5 Å². The minimum atomic E-state index is 0. The normalized spacial score (nSPS) is 13.8. The largest absolute Gasteiger partial charge is 0.493 e. The number of halogens is 1. The number of guanidine groups is 1. The number of nitrogens with one attached hydrogen (secondary N) is 2. The smallest absolute Gasteiger partial charge is 0.191 e. The van der Waals surface area contributed by atoms with Gasteiger partial charge in [0.25, 0.3) is 0 Å². The molecule has 0 atom stereocenters. The maximum absolute atomic E-state index is 5.65. The second-order valence-corrected chi connectivity index (χ2v) is 6.81. The Balaban J connectivity index is 0.00000392. The molecule has 160 valence electrons. The summed E-state index contributed by atoms with van der Waals surface area (Å²) in [6.45, 7) is 8.88. The molecule has 1 aromatic carbocycles. The van der Waals surface area contributed by atoms with Crippen molar-refractivity contribution in [3.8, 4) is 11.5 Å². The first-order valence-electron chi connectivity index (χ1n) is 10.2. The highest BCUT2D eigenvalue weighted by Crippen LogP contribution is 2.28. The molecular formula is C21H37IN4O2. The summed E-state index contributed by atoms with van der Waals surface area (Å²) in [4.78, 5) is 6.86. The third-order valence-corrected chi connectivity index (χ3v) is 4.85. The Hall–Kier alpha value is -1.22. The molecule has 0 aromatic heterocycles. The van der Waals surface area contributed by atoms with Gasteiger partial charge in [-0.25, -0.2) is 0 Å². The molecule has 1 saturated carbocycles. The van der Waals surface area contributed by atoms with Gasteiger partial charge >= 0.3 is 0 Å². The van der Waals surface area contributed by atoms with Crippen molar-refractivity contribution in [2.75, 3.05) is 46.9 Å². The van der Waals surface area contributed by atoms with Gasteiger partial charge in [-0.1, -0.05) is 13.0 Å². The number of hydrogen-bond acceptors (Lipinski definition) is 4. The summed E-state index contributed by atoms with van der Waals surface area (Å²) < 4.78 is 11.0. The van der Waals surface area contributed by atoms with Gasteiger partial charge in [0.05, 0.1) is 13.7 Å². The van der Waals surface area contributed by atoms with Gasteiger partial charge in [-0.3, -0.25) is 9.89 Å². The van der Waals surface area contributed by atoms with E-state index >= 15 is 0 Å². The molecule has 2 rings (SSSR count). The number of ether oxygens (including phenoxy) is 2. The number of hydrogen-bond donors (Lipinski definition) is 2. The fraction of sp³-hybridized carbons (Fsp3) is 0.667. The van der Waals surface area contributed by atoms with Crippen molar-refractivity contribution in [2.24, 2.45) is 4.99 Å². The Morgan fingerprint density at radius 1 is 1.18 bits per heavy atom. The molecule has 2 N–H and O–H groups in total. The Morgan fingerprint density at radius 3 is 2.54 bits per heavy atom. The van der Waals surface area contributed by atoms with Crippen molar-refractivity contribution in [1.29, 1.82) is 0 Å². The van der Waals surface area contributed by atoms with Crippen molar-refractivity contribution >= 4 is 29.9 Å². The zero-order valence-corrected chi connectivity index (χ0v) is 20.1. The molecule has 0 aliphatic heterocycles. The average molecular weight is 504 g/mol. The zero-order valence-electron chi connectivity index (χ0n) is 17.8. The van der Waals surface area contributed by atoms with Gasteiger partial charge in [0.15, 0.2) is 17.5 Å². The van der Waals surface area contributed by atoms with E-state index < -0.39 is 0 Å². The second-order valence-electron chi connectivity index (χ2n) is 6.81. The fourth-order valence-corrected chi connectivity index (χ4v) is 3.22. The predicted octanol–water partition coefficient (Wildman–Crippen LogP) is 3.29. The van der Waals surface area contributed by atoms with E-state index in [0.717, 1.165) is 62.5 Å². The number of benzene rings is 1. The molecule has 28 heavy (non-hydrogen) atoms. The summed E-state index contributed by atoms with van der Waals surface area (Å²) in [7, 11) is 3.50. The van der Waals surface area contributed by atoms with E-state index in [1.54, 1.807) is 7.11 Å². The Bertz CT molecular complexity index is 594. The molecule has 1 aliphatic rings. The summed E-state index contributed by atoms with van der Waals surface area (Å²) in [5.74, 6) is 2.49. The van der Waals surface area contributed by atoms with Gasteiger partial charge in [0.1, 0.15) is 0 Å². The van der Waals surface area contributed by atoms with Gasteiger partial charge in [0, 0.05) is 32.7 Å². The lowest BCUT2D eigenvalue weighted by Crippen LogP contribution is -2.42. The molecule has 0 amide bonds. The maximum Gasteiger partial charge on any atom is 0.191 e. The molecule has 0 unspecified atom stereocenters. The van der Waals surface area contributed by atoms with Crippen LogP contribution in [0.25, 0.3) is 0 Å². The third kappa shape index (κ3) is 8.43. The monoisotopic (exact) mass is 504 g/mol. The molecule has 0 heterocycles. The van der Waals surface area contributed by atoms with E-state index in [1.165, 1.54) is 18.4 Å². The van der Waals surface area contributed by atoms with Gasteiger partial charge in [-0.05, 0) is 56.8 Å². The zero-order chi connectivity index (χ0) is 19.5. The molecule has 6 nitrogen and oxygen atoms in total. The highest BCUT2D eigenvalue weighted by Gasteiger charge is 2.27. The lowest BCUT2D eigenvalue weighted by Gasteiger charge is -2.20. The predicted molar refractivity (Wildman–Crippen MR) is 128 cm³/mol. The highest BCUT2D eigenvalue weighted by molar-refractivity contribution is 14.0. The van der Waals surface area contributed by atoms with E-state index in [1.807, 2.05) is 20.0 Å². The number of rotatable bonds is 12. The highest BCUT2D eigenvalue weighted by atomic mass is 127. The second kappa shape index (κ2) is 13.9. The third-order valence-electron chi connectivity index (χ3n) is 4.85. The Morgan fingerprint density at radius 2 is 1.93 bits per heavy atom. The van der Waals surface area contributed by atoms with Crippen LogP contribution in [0.3, 0.4) is 0 Å². The van der Waals surface area contributed by atoms with Crippen LogP contribution < -0.4 is 20.1 Å². The van der Waals surface area contributed by atoms with Crippen LogP contribution in [0, 0.1) is 0 Å². The summed E-state index contributed by atoms with van der Waals surface area (Å²) in [6, 6.07) is 6.98. The lowest BCUT2D eigenvalue weighted by atomic mass is 10.1. The van der Waals surface area contributed by atoms with E-state index in [0.29, 0.717) is 6.61 Å². The summed E-state index contributed by atoms with van der Waals surface area (Å²) >= 11 is 0. The number of methoxy groups -OCH3 is 1. The Labute approximate surface area is 187 Å². The number of aliphatic imine (C=N–C) groups is 1. The van der Waals surface area contributed by atoms with Crippen molar-refractivity contribution in [2.45, 2.75) is 45.6 Å². The number of nitrogens with zero attached hydrogens (tertiary/aromatic N) is 2. The van der Waals surface area contributed by atoms with Crippen LogP contribution in [0.4, 0.5) is 0 Å². The molecular weight excluding hydrogens is 467 g/mol. The van der Waals surface area contributed by atoms with Crippen molar-refractivity contribution in [3.63, 3.8) is 0 Å². The Kier molecular flexibility index (Phi) is 12.3. The molecule has 0 bridgehead atoms. The first-order chi connectivity index (χ1) is 13.2. The lowest BCUT2D eigenvalue weighted by molar-refractivity contribution is 0.282. The molecule has 1 aliphatic carbocycles. The molecule has 1 aromatic rings. The number of aryl methyl sites for hydroxylation is 1. The average Bonchev–Trinajstić information content (AvgIpc) is 3.52. The molecule has 0 spiro atoms. The topological polar surface area (TPSA) is 58.1 Å². The van der Waals surface area contributed by atoms with Crippen LogP contribution in [0.1, 0.15) is 38.7 Å². The van der Waals surface area contributed by atoms with Gasteiger partial charge < -0.3 is 20.1 Å². The van der Waals surface area contributed by atoms with Crippen LogP contribution in [0.2, 0.25) is 0 Å². The van der Waals surface area contributed by atoms with Crippen molar-refractivity contribution < 1.29 is 9.47 Å². The maximum atomic E-state index is 5.65. The summed E-state index contributed by atoms with van der Waals surface area (Å²) in [5.41, 5.74) is 1.26. The van der Waals surface area contributed by atoms with Crippen LogP contribution >= 0.6 is 24.0 Å². The summed E-state index contributed by atoms with van der Waals surface area (Å²) in [6.07, 6.45) is 4.73. The number of likely N-dealkylation sites (N-methyl/N-ethyl adjacent to an activating group) is 1. The first kappa shape index (κ1) is 24.8. The van der Waals surface area contributed by atoms with Crippen LogP contribution in [0.15, 0.2) is 23.2 Å². The quantitative estimate of drug-likeness (QED) is 0.198. The molecule has 0 saturated heterocycles. The van der Waals surface area contributed by atoms with Crippen LogP contribution in [-0.4, -0.2) is 63.8 Å². The van der Waals surface area contributed by atoms with Crippen LogP contribution in [-0.2, 0) is 6.42 Å². The fourth-order valence-electron chi connectivity index (χ4n) is 3.22. The first-order valence-corrected chi connectivity index (χ1v) is 10.2. The standard InChI is InChI=1S/C21H36N4O2.HI/c1-5-25(18-10-11-18)15-14-24-21(22-3)23-13-7-8-17-9-12-19(26-4)20(16-17)27-6-2;/h9,12,16,18H,5-8,10-11,13-15H2,1-4H3,(H2,22,23,24);1H. The SMILES string of the molecule is CCOc1cc(CCCNC(=NC)NCCN(CC)C2CC2)ccc1OC.I. The van der Waals surface area contributed by atoms with Gasteiger partial charge in [0.2, 0.25) is 0 Å². The van der Waals surface area contributed by atoms with E-state index in [-0.39, 0.29) is 24.0 Å². The minimum absolute atomic E-state index is 0. The van der Waals surface area contributed by atoms with Gasteiger partial charge in [-0.15, -0.1) is 24.0 Å². The van der Waals surface area contributed by atoms with E-state index in [9.17, 15) is 0 Å². The molecule has 7 heteroatoms. The van der Waals surface area contributed by atoms with E-state index in [2.05, 4.69) is 39.6 Å².